The number of hydrogen-bond donors (Lipinski definition) is 2. The van der Waals surface area contributed by atoms with Crippen LogP contribution in [-0.2, 0) is 11.2 Å². The number of carbonyl (C=O) groups is 1. The largest absolute Gasteiger partial charge is 0.324 e. The van der Waals surface area contributed by atoms with Crippen molar-refractivity contribution >= 4 is 23.5 Å². The van der Waals surface area contributed by atoms with Crippen molar-refractivity contribution in [2.24, 2.45) is 15.9 Å². The van der Waals surface area contributed by atoms with Crippen molar-refractivity contribution in [2.45, 2.75) is 25.8 Å². The van der Waals surface area contributed by atoms with Crippen molar-refractivity contribution < 1.29 is 9.18 Å². The molecule has 2 aromatic carbocycles. The molecule has 0 radical (unpaired) electrons. The third-order valence-corrected chi connectivity index (χ3v) is 5.04. The molecule has 4 rings (SSSR count). The van der Waals surface area contributed by atoms with Crippen molar-refractivity contribution in [3.05, 3.63) is 77.6 Å². The van der Waals surface area contributed by atoms with Gasteiger partial charge in [-0.15, -0.1) is 0 Å². The minimum atomic E-state index is -0.651. The van der Waals surface area contributed by atoms with Gasteiger partial charge in [-0.25, -0.2) is 9.37 Å². The molecule has 1 aliphatic rings. The lowest BCUT2D eigenvalue weighted by Gasteiger charge is -2.09. The molecule has 0 bridgehead atoms. The van der Waals surface area contributed by atoms with E-state index in [0.717, 1.165) is 16.9 Å². The van der Waals surface area contributed by atoms with Crippen LogP contribution in [0, 0.1) is 12.7 Å². The van der Waals surface area contributed by atoms with Crippen molar-refractivity contribution in [2.75, 3.05) is 5.32 Å². The Morgan fingerprint density at radius 1 is 1.30 bits per heavy atom. The highest BCUT2D eigenvalue weighted by Gasteiger charge is 2.24. The van der Waals surface area contributed by atoms with Crippen LogP contribution in [0.1, 0.15) is 23.2 Å². The number of fused-ring (bicyclic) bond motifs is 1. The van der Waals surface area contributed by atoms with E-state index in [1.807, 2.05) is 42.0 Å². The molecule has 3 N–H and O–H groups in total. The Balaban J connectivity index is 1.50. The Labute approximate surface area is 173 Å². The summed E-state index contributed by atoms with van der Waals surface area (Å²) in [4.78, 5) is 21.1. The summed E-state index contributed by atoms with van der Waals surface area (Å²) in [6.07, 6.45) is 5.98. The summed E-state index contributed by atoms with van der Waals surface area (Å²) in [6, 6.07) is 11.6. The van der Waals surface area contributed by atoms with Crippen LogP contribution in [0.2, 0.25) is 0 Å². The van der Waals surface area contributed by atoms with Gasteiger partial charge >= 0.3 is 0 Å². The van der Waals surface area contributed by atoms with Gasteiger partial charge in [0.15, 0.2) is 0 Å². The van der Waals surface area contributed by atoms with E-state index in [2.05, 4.69) is 20.4 Å². The molecule has 1 aromatic heterocycles. The smallest absolute Gasteiger partial charge is 0.249 e. The number of nitrogens with two attached hydrogens (primary N) is 1. The van der Waals surface area contributed by atoms with Gasteiger partial charge in [0.2, 0.25) is 5.91 Å². The lowest BCUT2D eigenvalue weighted by atomic mass is 10.1. The number of hydrogen-bond acceptors (Lipinski definition) is 5. The number of aromatic nitrogens is 2. The maximum atomic E-state index is 14.0. The first-order valence-corrected chi connectivity index (χ1v) is 9.56. The van der Waals surface area contributed by atoms with Crippen LogP contribution in [-0.4, -0.2) is 33.4 Å². The Bertz CT molecular complexity index is 1130. The van der Waals surface area contributed by atoms with Gasteiger partial charge < -0.3 is 15.7 Å². The van der Waals surface area contributed by atoms with Crippen LogP contribution in [0.3, 0.4) is 0 Å². The number of aryl methyl sites for hydroxylation is 1. The highest BCUT2D eigenvalue weighted by Crippen LogP contribution is 2.25. The number of nitrogens with zero attached hydrogens (tertiary/aromatic N) is 4. The molecule has 1 unspecified atom stereocenters. The molecule has 1 aliphatic heterocycles. The summed E-state index contributed by atoms with van der Waals surface area (Å²) in [7, 11) is 0. The van der Waals surface area contributed by atoms with Gasteiger partial charge in [-0.1, -0.05) is 18.2 Å². The highest BCUT2D eigenvalue weighted by atomic mass is 19.1. The SMILES string of the molecule is Cc1cn(-c2ccc(/C(C=NC3CCc4c(F)cccc4NC3=O)=N/N)cc2)cn1. The minimum Gasteiger partial charge on any atom is -0.324 e. The van der Waals surface area contributed by atoms with Gasteiger partial charge in [0.05, 0.1) is 18.2 Å². The lowest BCUT2D eigenvalue weighted by Crippen LogP contribution is -2.25. The number of anilines is 1. The van der Waals surface area contributed by atoms with Crippen molar-refractivity contribution in [1.29, 1.82) is 0 Å². The number of imidazole rings is 1. The first kappa shape index (κ1) is 19.5. The van der Waals surface area contributed by atoms with Gasteiger partial charge in [-0.3, -0.25) is 9.79 Å². The second-order valence-electron chi connectivity index (χ2n) is 7.07. The quantitative estimate of drug-likeness (QED) is 0.397. The molecule has 7 nitrogen and oxygen atoms in total. The number of nitrogens with one attached hydrogen (secondary N) is 1. The number of rotatable bonds is 4. The van der Waals surface area contributed by atoms with Crippen LogP contribution in [0.4, 0.5) is 10.1 Å². The van der Waals surface area contributed by atoms with Crippen LogP contribution in [0.15, 0.2) is 65.1 Å². The second kappa shape index (κ2) is 8.28. The van der Waals surface area contributed by atoms with E-state index in [1.54, 1.807) is 18.5 Å². The number of hydrazone groups is 1. The molecule has 30 heavy (non-hydrogen) atoms. The first-order chi connectivity index (χ1) is 14.5. The standard InChI is InChI=1S/C22H21FN6O/c1-14-12-29(13-26-14)16-7-5-15(6-8-16)21(28-24)11-25-20-10-9-17-18(23)3-2-4-19(17)27-22(20)30/h2-8,11-13,20H,9-10,24H2,1H3,(H,27,30)/b25-11?,28-21+. The zero-order valence-electron chi connectivity index (χ0n) is 16.4. The summed E-state index contributed by atoms with van der Waals surface area (Å²) < 4.78 is 15.9. The fraction of sp³-hybridized carbons (Fsp3) is 0.182. The summed E-state index contributed by atoms with van der Waals surface area (Å²) in [5.74, 6) is 4.95. The molecule has 2 heterocycles. The molecular weight excluding hydrogens is 383 g/mol. The van der Waals surface area contributed by atoms with Gasteiger partial charge in [0.25, 0.3) is 0 Å². The van der Waals surface area contributed by atoms with Crippen LogP contribution >= 0.6 is 0 Å². The number of amides is 1. The number of aliphatic imine (C=N–C) groups is 1. The molecule has 8 heteroatoms. The van der Waals surface area contributed by atoms with E-state index in [0.29, 0.717) is 29.8 Å². The zero-order valence-corrected chi connectivity index (χ0v) is 16.4. The summed E-state index contributed by atoms with van der Waals surface area (Å²) in [5, 5.41) is 6.56. The minimum absolute atomic E-state index is 0.280. The van der Waals surface area contributed by atoms with Gasteiger partial charge in [-0.05, 0) is 44.0 Å². The molecule has 1 amide bonds. The van der Waals surface area contributed by atoms with Crippen LogP contribution in [0.5, 0.6) is 0 Å². The normalized spacial score (nSPS) is 16.9. The Hall–Kier alpha value is -3.81. The maximum Gasteiger partial charge on any atom is 0.249 e. The topological polar surface area (TPSA) is 97.7 Å². The average molecular weight is 404 g/mol. The maximum absolute atomic E-state index is 14.0. The van der Waals surface area contributed by atoms with E-state index >= 15 is 0 Å². The summed E-state index contributed by atoms with van der Waals surface area (Å²) in [6.45, 7) is 1.93. The van der Waals surface area contributed by atoms with Crippen LogP contribution in [0.25, 0.3) is 5.69 Å². The Morgan fingerprint density at radius 3 is 2.80 bits per heavy atom. The number of carbonyl (C=O) groups excluding carboxylic acids is 1. The third kappa shape index (κ3) is 3.98. The molecule has 0 spiro atoms. The molecule has 0 saturated heterocycles. The van der Waals surface area contributed by atoms with E-state index in [-0.39, 0.29) is 11.7 Å². The molecule has 0 saturated carbocycles. The second-order valence-corrected chi connectivity index (χ2v) is 7.07. The van der Waals surface area contributed by atoms with Gasteiger partial charge in [0.1, 0.15) is 17.6 Å². The molecule has 1 atom stereocenters. The Morgan fingerprint density at radius 2 is 2.10 bits per heavy atom. The van der Waals surface area contributed by atoms with Crippen molar-refractivity contribution in [3.63, 3.8) is 0 Å². The molecule has 152 valence electrons. The van der Waals surface area contributed by atoms with Gasteiger partial charge in [0, 0.05) is 28.7 Å². The van der Waals surface area contributed by atoms with E-state index < -0.39 is 6.04 Å². The fourth-order valence-electron chi connectivity index (χ4n) is 3.41. The predicted octanol–water partition coefficient (Wildman–Crippen LogP) is 3.01. The third-order valence-electron chi connectivity index (χ3n) is 5.04. The van der Waals surface area contributed by atoms with E-state index in [1.165, 1.54) is 12.3 Å². The van der Waals surface area contributed by atoms with Crippen molar-refractivity contribution in [1.82, 2.24) is 9.55 Å². The summed E-state index contributed by atoms with van der Waals surface area (Å²) in [5.41, 5.74) is 4.10. The van der Waals surface area contributed by atoms with Crippen molar-refractivity contribution in [3.8, 4) is 5.69 Å². The first-order valence-electron chi connectivity index (χ1n) is 9.56. The van der Waals surface area contributed by atoms with E-state index in [9.17, 15) is 9.18 Å². The molecule has 0 aliphatic carbocycles. The lowest BCUT2D eigenvalue weighted by molar-refractivity contribution is -0.117. The number of benzene rings is 2. The van der Waals surface area contributed by atoms with E-state index in [4.69, 9.17) is 5.84 Å². The molecule has 0 fully saturated rings. The zero-order chi connectivity index (χ0) is 21.1. The average Bonchev–Trinajstić information content (AvgIpc) is 3.11. The highest BCUT2D eigenvalue weighted by molar-refractivity contribution is 6.38. The molecule has 3 aromatic rings. The van der Waals surface area contributed by atoms with Gasteiger partial charge in [-0.2, -0.15) is 5.10 Å². The molecular formula is C22H21FN6O. The number of halogens is 1. The monoisotopic (exact) mass is 404 g/mol. The summed E-state index contributed by atoms with van der Waals surface area (Å²) >= 11 is 0. The van der Waals surface area contributed by atoms with Crippen LogP contribution < -0.4 is 11.2 Å². The Kier molecular flexibility index (Phi) is 5.38. The fourth-order valence-corrected chi connectivity index (χ4v) is 3.41. The predicted molar refractivity (Wildman–Crippen MR) is 115 cm³/mol.